The highest BCUT2D eigenvalue weighted by atomic mass is 15.1. The quantitative estimate of drug-likeness (QED) is 0.588. The zero-order valence-electron chi connectivity index (χ0n) is 9.01. The van der Waals surface area contributed by atoms with Crippen molar-refractivity contribution in [1.82, 2.24) is 15.2 Å². The molecule has 2 aromatic heterocycles. The summed E-state index contributed by atoms with van der Waals surface area (Å²) in [5.41, 5.74) is 15.0. The summed E-state index contributed by atoms with van der Waals surface area (Å²) in [6.45, 7) is 0. The van der Waals surface area contributed by atoms with Gasteiger partial charge in [-0.3, -0.25) is 10.1 Å². The van der Waals surface area contributed by atoms with E-state index in [0.717, 1.165) is 22.0 Å². The first kappa shape index (κ1) is 9.65. The summed E-state index contributed by atoms with van der Waals surface area (Å²) < 4.78 is 0. The van der Waals surface area contributed by atoms with Crippen molar-refractivity contribution in [2.24, 2.45) is 0 Å². The summed E-state index contributed by atoms with van der Waals surface area (Å²) in [6.07, 6.45) is 3.39. The Balaban J connectivity index is 2.20. The molecule has 3 aromatic rings. The minimum absolute atomic E-state index is 0.499. The van der Waals surface area contributed by atoms with Crippen LogP contribution in [0, 0.1) is 0 Å². The lowest BCUT2D eigenvalue weighted by molar-refractivity contribution is 1.13. The van der Waals surface area contributed by atoms with E-state index in [2.05, 4.69) is 15.2 Å². The van der Waals surface area contributed by atoms with Crippen molar-refractivity contribution in [2.45, 2.75) is 0 Å². The van der Waals surface area contributed by atoms with E-state index in [0.29, 0.717) is 11.5 Å². The first-order chi connectivity index (χ1) is 8.24. The molecule has 0 saturated carbocycles. The van der Waals surface area contributed by atoms with Crippen molar-refractivity contribution in [3.63, 3.8) is 0 Å². The topological polar surface area (TPSA) is 93.6 Å². The first-order valence-corrected chi connectivity index (χ1v) is 5.18. The van der Waals surface area contributed by atoms with Gasteiger partial charge in [0.2, 0.25) is 0 Å². The minimum atomic E-state index is 0.499. The van der Waals surface area contributed by atoms with Crippen LogP contribution >= 0.6 is 0 Å². The molecule has 0 fully saturated rings. The smallest absolute Gasteiger partial charge is 0.153 e. The van der Waals surface area contributed by atoms with Crippen molar-refractivity contribution < 1.29 is 0 Å². The van der Waals surface area contributed by atoms with E-state index in [1.165, 1.54) is 0 Å². The molecule has 0 saturated heterocycles. The molecule has 0 radical (unpaired) electrons. The molecule has 0 aliphatic carbocycles. The first-order valence-electron chi connectivity index (χ1n) is 5.18. The Morgan fingerprint density at radius 1 is 1.00 bits per heavy atom. The number of nitrogens with zero attached hydrogens (tertiary/aromatic N) is 2. The van der Waals surface area contributed by atoms with Crippen LogP contribution in [0.4, 0.5) is 11.5 Å². The predicted octanol–water partition coefficient (Wildman–Crippen LogP) is 1.79. The lowest BCUT2D eigenvalue weighted by Gasteiger charge is -2.02. The van der Waals surface area contributed by atoms with E-state index in [-0.39, 0.29) is 0 Å². The molecule has 0 aliphatic rings. The highest BCUT2D eigenvalue weighted by Gasteiger charge is 2.05. The largest absolute Gasteiger partial charge is 0.397 e. The van der Waals surface area contributed by atoms with Gasteiger partial charge in [0.25, 0.3) is 0 Å². The number of nitrogen functional groups attached to an aromatic ring is 2. The number of hydrogen-bond acceptors (Lipinski definition) is 4. The number of nitrogens with two attached hydrogens (primary N) is 2. The van der Waals surface area contributed by atoms with Crippen LogP contribution in [0.5, 0.6) is 0 Å². The Morgan fingerprint density at radius 3 is 2.71 bits per heavy atom. The van der Waals surface area contributed by atoms with Gasteiger partial charge in [0.1, 0.15) is 0 Å². The van der Waals surface area contributed by atoms with Crippen molar-refractivity contribution >= 4 is 22.4 Å². The molecule has 1 aromatic carbocycles. The summed E-state index contributed by atoms with van der Waals surface area (Å²) in [7, 11) is 0. The second-order valence-electron chi connectivity index (χ2n) is 3.88. The van der Waals surface area contributed by atoms with Gasteiger partial charge in [-0.25, -0.2) is 0 Å². The van der Waals surface area contributed by atoms with Crippen LogP contribution in [-0.2, 0) is 0 Å². The fourth-order valence-electron chi connectivity index (χ4n) is 1.83. The molecule has 5 N–H and O–H groups in total. The highest BCUT2D eigenvalue weighted by molar-refractivity contribution is 5.92. The monoisotopic (exact) mass is 225 g/mol. The number of nitrogens with one attached hydrogen (secondary N) is 1. The molecule has 0 spiro atoms. The summed E-state index contributed by atoms with van der Waals surface area (Å²) in [5, 5.41) is 7.73. The van der Waals surface area contributed by atoms with Gasteiger partial charge in [-0.05, 0) is 23.8 Å². The third-order valence-corrected chi connectivity index (χ3v) is 2.69. The second-order valence-corrected chi connectivity index (χ2v) is 3.88. The summed E-state index contributed by atoms with van der Waals surface area (Å²) in [6, 6.07) is 7.78. The third kappa shape index (κ3) is 1.57. The average molecular weight is 225 g/mol. The molecule has 0 atom stereocenters. The Labute approximate surface area is 97.5 Å². The van der Waals surface area contributed by atoms with Gasteiger partial charge in [-0.15, -0.1) is 0 Å². The van der Waals surface area contributed by atoms with Crippen molar-refractivity contribution in [1.29, 1.82) is 0 Å². The molecule has 0 aliphatic heterocycles. The van der Waals surface area contributed by atoms with Crippen LogP contribution in [0.1, 0.15) is 0 Å². The molecule has 3 rings (SSSR count). The minimum Gasteiger partial charge on any atom is -0.397 e. The molecule has 84 valence electrons. The van der Waals surface area contributed by atoms with Crippen molar-refractivity contribution in [3.05, 3.63) is 36.7 Å². The molecule has 17 heavy (non-hydrogen) atoms. The molecular formula is C12H11N5. The number of aromatic amines is 1. The maximum Gasteiger partial charge on any atom is 0.153 e. The van der Waals surface area contributed by atoms with Crippen LogP contribution in [0.2, 0.25) is 0 Å². The van der Waals surface area contributed by atoms with Crippen LogP contribution in [0.3, 0.4) is 0 Å². The standard InChI is InChI=1S/C12H11N5/c13-9-3-8(5-15-6-9)7-1-2-11-10(4-7)12(14)17-16-11/h1-6H,13H2,(H3,14,16,17). The number of hydrogen-bond donors (Lipinski definition) is 3. The van der Waals surface area contributed by atoms with Crippen molar-refractivity contribution in [3.8, 4) is 11.1 Å². The molecule has 0 bridgehead atoms. The number of anilines is 2. The van der Waals surface area contributed by atoms with Gasteiger partial charge in [0.15, 0.2) is 5.82 Å². The second kappa shape index (κ2) is 3.48. The molecule has 5 nitrogen and oxygen atoms in total. The highest BCUT2D eigenvalue weighted by Crippen LogP contribution is 2.26. The summed E-state index contributed by atoms with van der Waals surface area (Å²) >= 11 is 0. The van der Waals surface area contributed by atoms with Gasteiger partial charge in [0, 0.05) is 23.3 Å². The predicted molar refractivity (Wildman–Crippen MR) is 68.1 cm³/mol. The Hall–Kier alpha value is -2.56. The zero-order valence-corrected chi connectivity index (χ0v) is 9.01. The van der Waals surface area contributed by atoms with Gasteiger partial charge in [-0.2, -0.15) is 5.10 Å². The zero-order chi connectivity index (χ0) is 11.8. The molecule has 0 amide bonds. The Kier molecular flexibility index (Phi) is 1.98. The van der Waals surface area contributed by atoms with Crippen LogP contribution < -0.4 is 11.5 Å². The maximum absolute atomic E-state index is 5.77. The summed E-state index contributed by atoms with van der Waals surface area (Å²) in [4.78, 5) is 4.07. The number of H-pyrrole nitrogens is 1. The van der Waals surface area contributed by atoms with Crippen molar-refractivity contribution in [2.75, 3.05) is 11.5 Å². The normalized spacial score (nSPS) is 10.8. The maximum atomic E-state index is 5.77. The number of aromatic nitrogens is 3. The summed E-state index contributed by atoms with van der Waals surface area (Å²) in [5.74, 6) is 0.499. The lowest BCUT2D eigenvalue weighted by atomic mass is 10.1. The van der Waals surface area contributed by atoms with Crippen LogP contribution in [-0.4, -0.2) is 15.2 Å². The average Bonchev–Trinajstić information content (AvgIpc) is 2.71. The fourth-order valence-corrected chi connectivity index (χ4v) is 1.83. The molecular weight excluding hydrogens is 214 g/mol. The van der Waals surface area contributed by atoms with E-state index in [1.807, 2.05) is 24.3 Å². The van der Waals surface area contributed by atoms with E-state index in [9.17, 15) is 0 Å². The van der Waals surface area contributed by atoms with Gasteiger partial charge in [0.05, 0.1) is 11.2 Å². The van der Waals surface area contributed by atoms with Crippen LogP contribution in [0.15, 0.2) is 36.7 Å². The molecule has 5 heteroatoms. The SMILES string of the molecule is Nc1cncc(-c2ccc3[nH]nc(N)c3c2)c1. The Morgan fingerprint density at radius 2 is 1.88 bits per heavy atom. The fraction of sp³-hybridized carbons (Fsp3) is 0. The molecule has 0 unspecified atom stereocenters. The molecule has 2 heterocycles. The van der Waals surface area contributed by atoms with E-state index >= 15 is 0 Å². The lowest BCUT2D eigenvalue weighted by Crippen LogP contribution is -1.88. The van der Waals surface area contributed by atoms with Crippen LogP contribution in [0.25, 0.3) is 22.0 Å². The number of rotatable bonds is 1. The third-order valence-electron chi connectivity index (χ3n) is 2.69. The van der Waals surface area contributed by atoms with E-state index in [1.54, 1.807) is 12.4 Å². The van der Waals surface area contributed by atoms with Gasteiger partial charge in [-0.1, -0.05) is 6.07 Å². The number of benzene rings is 1. The Bertz CT molecular complexity index is 686. The van der Waals surface area contributed by atoms with Gasteiger partial charge < -0.3 is 11.5 Å². The van der Waals surface area contributed by atoms with E-state index < -0.39 is 0 Å². The number of pyridine rings is 1. The number of fused-ring (bicyclic) bond motifs is 1. The van der Waals surface area contributed by atoms with Gasteiger partial charge >= 0.3 is 0 Å². The van der Waals surface area contributed by atoms with E-state index in [4.69, 9.17) is 11.5 Å².